The van der Waals surface area contributed by atoms with Gasteiger partial charge in [0.2, 0.25) is 0 Å². The fraction of sp³-hybridized carbons (Fsp3) is 0.333. The fourth-order valence-electron chi connectivity index (χ4n) is 1.07. The second-order valence-corrected chi connectivity index (χ2v) is 4.12. The Bertz CT molecular complexity index is 273. The Morgan fingerprint density at radius 3 is 2.77 bits per heavy atom. The Morgan fingerprint density at radius 1 is 1.54 bits per heavy atom. The fourth-order valence-corrected chi connectivity index (χ4v) is 1.95. The minimum absolute atomic E-state index is 0.125. The molecule has 0 aliphatic heterocycles. The van der Waals surface area contributed by atoms with Crippen molar-refractivity contribution in [2.75, 3.05) is 13.7 Å². The van der Waals surface area contributed by atoms with Crippen molar-refractivity contribution < 1.29 is 4.74 Å². The smallest absolute Gasteiger partial charge is 0.0655 e. The number of benzene rings is 1. The molecule has 0 spiro atoms. The summed E-state index contributed by atoms with van der Waals surface area (Å²) < 4.78 is 5.89. The van der Waals surface area contributed by atoms with Crippen LogP contribution in [-0.2, 0) is 4.74 Å². The molecular formula is C9H11BrClNO. The summed E-state index contributed by atoms with van der Waals surface area (Å²) in [6, 6.07) is 5.48. The lowest BCUT2D eigenvalue weighted by Crippen LogP contribution is -2.15. The van der Waals surface area contributed by atoms with Crippen LogP contribution in [0.2, 0.25) is 5.02 Å². The van der Waals surface area contributed by atoms with Gasteiger partial charge < -0.3 is 10.5 Å². The molecule has 0 saturated heterocycles. The first-order valence-corrected chi connectivity index (χ1v) is 5.01. The average Bonchev–Trinajstić information content (AvgIpc) is 2.03. The molecule has 0 radical (unpaired) electrons. The van der Waals surface area contributed by atoms with Gasteiger partial charge in [-0.15, -0.1) is 0 Å². The van der Waals surface area contributed by atoms with Gasteiger partial charge in [0.25, 0.3) is 0 Å². The summed E-state index contributed by atoms with van der Waals surface area (Å²) in [6.07, 6.45) is 0. The Balaban J connectivity index is 2.87. The van der Waals surface area contributed by atoms with Crippen molar-refractivity contribution in [2.24, 2.45) is 5.73 Å². The van der Waals surface area contributed by atoms with Gasteiger partial charge in [-0.25, -0.2) is 0 Å². The van der Waals surface area contributed by atoms with Crippen LogP contribution in [0.1, 0.15) is 11.6 Å². The summed E-state index contributed by atoms with van der Waals surface area (Å²) in [5, 5.41) is 0.677. The largest absolute Gasteiger partial charge is 0.383 e. The minimum Gasteiger partial charge on any atom is -0.383 e. The first kappa shape index (κ1) is 11.0. The number of halogens is 2. The number of hydrogen-bond donors (Lipinski definition) is 1. The zero-order valence-corrected chi connectivity index (χ0v) is 9.60. The number of nitrogens with two attached hydrogens (primary N) is 1. The maximum absolute atomic E-state index is 5.87. The Labute approximate surface area is 91.2 Å². The Kier molecular flexibility index (Phi) is 4.19. The van der Waals surface area contributed by atoms with Crippen molar-refractivity contribution in [3.8, 4) is 0 Å². The van der Waals surface area contributed by atoms with E-state index in [1.54, 1.807) is 7.11 Å². The summed E-state index contributed by atoms with van der Waals surface area (Å²) >= 11 is 9.22. The SMILES string of the molecule is COCC(N)c1cc(Cl)cc(Br)c1. The van der Waals surface area contributed by atoms with Gasteiger partial charge >= 0.3 is 0 Å². The van der Waals surface area contributed by atoms with E-state index in [2.05, 4.69) is 15.9 Å². The van der Waals surface area contributed by atoms with Crippen LogP contribution in [-0.4, -0.2) is 13.7 Å². The van der Waals surface area contributed by atoms with E-state index in [-0.39, 0.29) is 6.04 Å². The first-order valence-electron chi connectivity index (χ1n) is 3.84. The van der Waals surface area contributed by atoms with Gasteiger partial charge in [-0.2, -0.15) is 0 Å². The molecule has 0 bridgehead atoms. The van der Waals surface area contributed by atoms with Crippen molar-refractivity contribution in [1.29, 1.82) is 0 Å². The summed E-state index contributed by atoms with van der Waals surface area (Å²) in [5.74, 6) is 0. The van der Waals surface area contributed by atoms with Crippen LogP contribution < -0.4 is 5.73 Å². The highest BCUT2D eigenvalue weighted by Gasteiger charge is 2.06. The molecule has 2 N–H and O–H groups in total. The predicted molar refractivity (Wildman–Crippen MR) is 58.0 cm³/mol. The zero-order valence-electron chi connectivity index (χ0n) is 7.26. The highest BCUT2D eigenvalue weighted by molar-refractivity contribution is 9.10. The monoisotopic (exact) mass is 263 g/mol. The summed E-state index contributed by atoms with van der Waals surface area (Å²) in [6.45, 7) is 0.493. The second-order valence-electron chi connectivity index (χ2n) is 2.76. The van der Waals surface area contributed by atoms with Gasteiger partial charge in [0, 0.05) is 16.6 Å². The van der Waals surface area contributed by atoms with Crippen LogP contribution in [0.4, 0.5) is 0 Å². The number of ether oxygens (including phenoxy) is 1. The van der Waals surface area contributed by atoms with Crippen molar-refractivity contribution in [2.45, 2.75) is 6.04 Å². The maximum atomic E-state index is 5.87. The predicted octanol–water partition coefficient (Wildman–Crippen LogP) is 2.75. The molecule has 0 aromatic heterocycles. The van der Waals surface area contributed by atoms with E-state index in [1.807, 2.05) is 18.2 Å². The van der Waals surface area contributed by atoms with E-state index < -0.39 is 0 Å². The maximum Gasteiger partial charge on any atom is 0.0655 e. The standard InChI is InChI=1S/C9H11BrClNO/c1-13-5-9(12)6-2-7(10)4-8(11)3-6/h2-4,9H,5,12H2,1H3. The van der Waals surface area contributed by atoms with Crippen molar-refractivity contribution in [1.82, 2.24) is 0 Å². The molecule has 0 heterocycles. The van der Waals surface area contributed by atoms with Crippen LogP contribution in [0.25, 0.3) is 0 Å². The van der Waals surface area contributed by atoms with Gasteiger partial charge in [0.05, 0.1) is 12.6 Å². The third-order valence-corrected chi connectivity index (χ3v) is 2.34. The van der Waals surface area contributed by atoms with Crippen LogP contribution in [0.5, 0.6) is 0 Å². The molecule has 4 heteroatoms. The van der Waals surface area contributed by atoms with Crippen molar-refractivity contribution in [3.63, 3.8) is 0 Å². The molecule has 1 aromatic carbocycles. The Morgan fingerprint density at radius 2 is 2.23 bits per heavy atom. The van der Waals surface area contributed by atoms with Crippen molar-refractivity contribution in [3.05, 3.63) is 33.3 Å². The molecule has 72 valence electrons. The van der Waals surface area contributed by atoms with Gasteiger partial charge in [-0.05, 0) is 23.8 Å². The van der Waals surface area contributed by atoms with Gasteiger partial charge in [-0.3, -0.25) is 0 Å². The third-order valence-electron chi connectivity index (χ3n) is 1.66. The molecular weight excluding hydrogens is 253 g/mol. The van der Waals surface area contributed by atoms with E-state index in [0.717, 1.165) is 10.0 Å². The van der Waals surface area contributed by atoms with E-state index in [0.29, 0.717) is 11.6 Å². The molecule has 0 fully saturated rings. The van der Waals surface area contributed by atoms with Crippen molar-refractivity contribution >= 4 is 27.5 Å². The first-order chi connectivity index (χ1) is 6.13. The second kappa shape index (κ2) is 4.96. The molecule has 0 aliphatic rings. The number of methoxy groups -OCH3 is 1. The van der Waals surface area contributed by atoms with Crippen LogP contribution >= 0.6 is 27.5 Å². The van der Waals surface area contributed by atoms with E-state index in [1.165, 1.54) is 0 Å². The molecule has 13 heavy (non-hydrogen) atoms. The topological polar surface area (TPSA) is 35.2 Å². The summed E-state index contributed by atoms with van der Waals surface area (Å²) in [7, 11) is 1.62. The Hall–Kier alpha value is -0.0900. The quantitative estimate of drug-likeness (QED) is 0.911. The molecule has 1 atom stereocenters. The lowest BCUT2D eigenvalue weighted by atomic mass is 10.1. The van der Waals surface area contributed by atoms with E-state index >= 15 is 0 Å². The molecule has 1 rings (SSSR count). The van der Waals surface area contributed by atoms with Gasteiger partial charge in [-0.1, -0.05) is 27.5 Å². The number of rotatable bonds is 3. The third kappa shape index (κ3) is 3.27. The average molecular weight is 265 g/mol. The molecule has 1 unspecified atom stereocenters. The lowest BCUT2D eigenvalue weighted by Gasteiger charge is -2.11. The zero-order chi connectivity index (χ0) is 9.84. The molecule has 2 nitrogen and oxygen atoms in total. The van der Waals surface area contributed by atoms with Crippen LogP contribution in [0, 0.1) is 0 Å². The molecule has 0 aliphatic carbocycles. The van der Waals surface area contributed by atoms with Gasteiger partial charge in [0.15, 0.2) is 0 Å². The highest BCUT2D eigenvalue weighted by atomic mass is 79.9. The lowest BCUT2D eigenvalue weighted by molar-refractivity contribution is 0.181. The summed E-state index contributed by atoms with van der Waals surface area (Å²) in [5.41, 5.74) is 6.81. The minimum atomic E-state index is -0.125. The normalized spacial score (nSPS) is 12.9. The number of hydrogen-bond acceptors (Lipinski definition) is 2. The molecule has 0 amide bonds. The van der Waals surface area contributed by atoms with Crippen LogP contribution in [0.3, 0.4) is 0 Å². The molecule has 1 aromatic rings. The van der Waals surface area contributed by atoms with Gasteiger partial charge in [0.1, 0.15) is 0 Å². The molecule has 0 saturated carbocycles. The highest BCUT2D eigenvalue weighted by Crippen LogP contribution is 2.22. The van der Waals surface area contributed by atoms with E-state index in [4.69, 9.17) is 22.1 Å². The van der Waals surface area contributed by atoms with E-state index in [9.17, 15) is 0 Å². The summed E-state index contributed by atoms with van der Waals surface area (Å²) in [4.78, 5) is 0. The van der Waals surface area contributed by atoms with Crippen LogP contribution in [0.15, 0.2) is 22.7 Å².